The van der Waals surface area contributed by atoms with Crippen molar-refractivity contribution in [3.8, 4) is 0 Å². The van der Waals surface area contributed by atoms with Gasteiger partial charge in [-0.05, 0) is 50.9 Å². The predicted octanol–water partition coefficient (Wildman–Crippen LogP) is 2.56. The highest BCUT2D eigenvalue weighted by molar-refractivity contribution is 5.66. The van der Waals surface area contributed by atoms with E-state index in [9.17, 15) is 4.79 Å². The molecule has 0 bridgehead atoms. The molecule has 0 aromatic heterocycles. The molecule has 0 amide bonds. The summed E-state index contributed by atoms with van der Waals surface area (Å²) >= 11 is 0. The summed E-state index contributed by atoms with van der Waals surface area (Å²) in [4.78, 5) is 12.6. The van der Waals surface area contributed by atoms with Crippen molar-refractivity contribution in [2.45, 2.75) is 33.6 Å². The van der Waals surface area contributed by atoms with Gasteiger partial charge in [-0.2, -0.15) is 0 Å². The second-order valence-corrected chi connectivity index (χ2v) is 5.07. The maximum atomic E-state index is 10.5. The topological polar surface area (TPSA) is 40.5 Å². The Bertz CT molecular complexity index is 403. The molecular formula is C15H23NO2. The van der Waals surface area contributed by atoms with Crippen LogP contribution in [0, 0.1) is 20.8 Å². The third-order valence-electron chi connectivity index (χ3n) is 3.29. The fraction of sp³-hybridized carbons (Fsp3) is 0.533. The number of carboxylic acid groups (broad SMARTS) is 1. The number of aliphatic carboxylic acids is 1. The molecule has 1 rings (SSSR count). The van der Waals surface area contributed by atoms with Crippen LogP contribution >= 0.6 is 0 Å². The van der Waals surface area contributed by atoms with Gasteiger partial charge in [-0.3, -0.25) is 4.79 Å². The minimum absolute atomic E-state index is 0.211. The van der Waals surface area contributed by atoms with Crippen molar-refractivity contribution < 1.29 is 9.90 Å². The molecule has 0 unspecified atom stereocenters. The first-order valence-electron chi connectivity index (χ1n) is 6.37. The Morgan fingerprint density at radius 1 is 1.17 bits per heavy atom. The largest absolute Gasteiger partial charge is 0.481 e. The van der Waals surface area contributed by atoms with Crippen molar-refractivity contribution in [2.75, 3.05) is 20.1 Å². The van der Waals surface area contributed by atoms with Crippen molar-refractivity contribution in [3.05, 3.63) is 34.4 Å². The quantitative estimate of drug-likeness (QED) is 0.842. The van der Waals surface area contributed by atoms with Crippen LogP contribution < -0.4 is 0 Å². The number of aryl methyl sites for hydroxylation is 3. The number of hydrogen-bond donors (Lipinski definition) is 1. The lowest BCUT2D eigenvalue weighted by atomic mass is 9.97. The molecule has 0 aliphatic carbocycles. The summed E-state index contributed by atoms with van der Waals surface area (Å²) in [6.45, 7) is 7.92. The zero-order chi connectivity index (χ0) is 13.7. The van der Waals surface area contributed by atoms with Crippen molar-refractivity contribution in [3.63, 3.8) is 0 Å². The van der Waals surface area contributed by atoms with Crippen LogP contribution in [0.25, 0.3) is 0 Å². The third kappa shape index (κ3) is 4.49. The Labute approximate surface area is 109 Å². The first-order valence-corrected chi connectivity index (χ1v) is 6.37. The molecule has 1 N–H and O–H groups in total. The SMILES string of the molecule is Cc1cc(C)c(CCN(C)CCC(=O)O)c(C)c1. The van der Waals surface area contributed by atoms with E-state index in [2.05, 4.69) is 37.8 Å². The summed E-state index contributed by atoms with van der Waals surface area (Å²) in [5.41, 5.74) is 5.36. The summed E-state index contributed by atoms with van der Waals surface area (Å²) < 4.78 is 0. The third-order valence-corrected chi connectivity index (χ3v) is 3.29. The van der Waals surface area contributed by atoms with Crippen molar-refractivity contribution in [2.24, 2.45) is 0 Å². The Kier molecular flexibility index (Phi) is 5.35. The monoisotopic (exact) mass is 249 g/mol. The fourth-order valence-corrected chi connectivity index (χ4v) is 2.31. The Morgan fingerprint density at radius 2 is 1.72 bits per heavy atom. The van der Waals surface area contributed by atoms with Crippen LogP contribution in [0.15, 0.2) is 12.1 Å². The molecule has 0 saturated heterocycles. The molecule has 0 aliphatic rings. The Balaban J connectivity index is 2.55. The smallest absolute Gasteiger partial charge is 0.304 e. The van der Waals surface area contributed by atoms with Gasteiger partial charge in [0.2, 0.25) is 0 Å². The predicted molar refractivity (Wildman–Crippen MR) is 74.1 cm³/mol. The van der Waals surface area contributed by atoms with Gasteiger partial charge in [0.1, 0.15) is 0 Å². The number of rotatable bonds is 6. The number of carboxylic acids is 1. The molecular weight excluding hydrogens is 226 g/mol. The van der Waals surface area contributed by atoms with Crippen LogP contribution in [0.1, 0.15) is 28.7 Å². The highest BCUT2D eigenvalue weighted by atomic mass is 16.4. The summed E-state index contributed by atoms with van der Waals surface area (Å²) in [6, 6.07) is 4.42. The van der Waals surface area contributed by atoms with E-state index >= 15 is 0 Å². The number of carbonyl (C=O) groups is 1. The van der Waals surface area contributed by atoms with Gasteiger partial charge in [0, 0.05) is 13.1 Å². The van der Waals surface area contributed by atoms with E-state index in [1.807, 2.05) is 7.05 Å². The van der Waals surface area contributed by atoms with Gasteiger partial charge < -0.3 is 10.0 Å². The van der Waals surface area contributed by atoms with Crippen LogP contribution in [-0.2, 0) is 11.2 Å². The summed E-state index contributed by atoms with van der Waals surface area (Å²) in [5.74, 6) is -0.732. The number of likely N-dealkylation sites (N-methyl/N-ethyl adjacent to an activating group) is 1. The normalized spacial score (nSPS) is 10.9. The second kappa shape index (κ2) is 6.55. The van der Waals surface area contributed by atoms with E-state index in [-0.39, 0.29) is 6.42 Å². The lowest BCUT2D eigenvalue weighted by molar-refractivity contribution is -0.137. The average Bonchev–Trinajstić information content (AvgIpc) is 2.24. The molecule has 0 radical (unpaired) electrons. The van der Waals surface area contributed by atoms with Gasteiger partial charge in [0.05, 0.1) is 6.42 Å². The first kappa shape index (κ1) is 14.7. The highest BCUT2D eigenvalue weighted by Gasteiger charge is 2.07. The van der Waals surface area contributed by atoms with Crippen molar-refractivity contribution in [1.29, 1.82) is 0 Å². The summed E-state index contributed by atoms with van der Waals surface area (Å²) in [5, 5.41) is 8.64. The van der Waals surface area contributed by atoms with E-state index in [0.29, 0.717) is 6.54 Å². The van der Waals surface area contributed by atoms with E-state index in [1.165, 1.54) is 22.3 Å². The lowest BCUT2D eigenvalue weighted by Gasteiger charge is -2.17. The standard InChI is InChI=1S/C15H23NO2/c1-11-9-12(2)14(13(3)10-11)5-7-16(4)8-6-15(17)18/h9-10H,5-8H2,1-4H3,(H,17,18). The fourth-order valence-electron chi connectivity index (χ4n) is 2.31. The zero-order valence-electron chi connectivity index (χ0n) is 11.8. The van der Waals surface area contributed by atoms with E-state index in [4.69, 9.17) is 5.11 Å². The molecule has 18 heavy (non-hydrogen) atoms. The van der Waals surface area contributed by atoms with Crippen LogP contribution in [0.2, 0.25) is 0 Å². The molecule has 100 valence electrons. The van der Waals surface area contributed by atoms with Gasteiger partial charge in [-0.15, -0.1) is 0 Å². The number of nitrogens with zero attached hydrogens (tertiary/aromatic N) is 1. The van der Waals surface area contributed by atoms with Crippen LogP contribution in [-0.4, -0.2) is 36.1 Å². The molecule has 0 atom stereocenters. The summed E-state index contributed by atoms with van der Waals surface area (Å²) in [7, 11) is 1.97. The molecule has 3 nitrogen and oxygen atoms in total. The zero-order valence-corrected chi connectivity index (χ0v) is 11.8. The van der Waals surface area contributed by atoms with Crippen molar-refractivity contribution >= 4 is 5.97 Å². The van der Waals surface area contributed by atoms with Crippen molar-refractivity contribution in [1.82, 2.24) is 4.90 Å². The van der Waals surface area contributed by atoms with Crippen LogP contribution in [0.4, 0.5) is 0 Å². The van der Waals surface area contributed by atoms with Gasteiger partial charge in [-0.1, -0.05) is 17.7 Å². The van der Waals surface area contributed by atoms with E-state index in [1.54, 1.807) is 0 Å². The Morgan fingerprint density at radius 3 is 2.22 bits per heavy atom. The van der Waals surface area contributed by atoms with Crippen LogP contribution in [0.5, 0.6) is 0 Å². The molecule has 0 heterocycles. The second-order valence-electron chi connectivity index (χ2n) is 5.07. The van der Waals surface area contributed by atoms with Crippen LogP contribution in [0.3, 0.4) is 0 Å². The Hall–Kier alpha value is -1.35. The maximum absolute atomic E-state index is 10.5. The number of hydrogen-bond acceptors (Lipinski definition) is 2. The van der Waals surface area contributed by atoms with Gasteiger partial charge in [0.25, 0.3) is 0 Å². The maximum Gasteiger partial charge on any atom is 0.304 e. The molecule has 0 fully saturated rings. The molecule has 3 heteroatoms. The first-order chi connectivity index (χ1) is 8.40. The average molecular weight is 249 g/mol. The molecule has 0 aliphatic heterocycles. The highest BCUT2D eigenvalue weighted by Crippen LogP contribution is 2.17. The molecule has 1 aromatic rings. The van der Waals surface area contributed by atoms with E-state index in [0.717, 1.165) is 13.0 Å². The lowest BCUT2D eigenvalue weighted by Crippen LogP contribution is -2.24. The minimum Gasteiger partial charge on any atom is -0.481 e. The van der Waals surface area contributed by atoms with Gasteiger partial charge in [0.15, 0.2) is 0 Å². The van der Waals surface area contributed by atoms with Gasteiger partial charge in [-0.25, -0.2) is 0 Å². The molecule has 0 spiro atoms. The number of benzene rings is 1. The minimum atomic E-state index is -0.732. The summed E-state index contributed by atoms with van der Waals surface area (Å²) in [6.07, 6.45) is 1.19. The van der Waals surface area contributed by atoms with E-state index < -0.39 is 5.97 Å². The van der Waals surface area contributed by atoms with Gasteiger partial charge >= 0.3 is 5.97 Å². The molecule has 1 aromatic carbocycles. The molecule has 0 saturated carbocycles.